The number of hydrogen-bond donors (Lipinski definition) is 0. The number of piperidine rings is 1. The Balaban J connectivity index is 1.50. The van der Waals surface area contributed by atoms with Crippen LogP contribution in [0.2, 0.25) is 0 Å². The van der Waals surface area contributed by atoms with E-state index in [0.29, 0.717) is 43.1 Å². The zero-order valence-corrected chi connectivity index (χ0v) is 16.8. The van der Waals surface area contributed by atoms with Gasteiger partial charge in [-0.2, -0.15) is 13.2 Å². The predicted molar refractivity (Wildman–Crippen MR) is 99.8 cm³/mol. The fraction of sp³-hybridized carbons (Fsp3) is 0.500. The van der Waals surface area contributed by atoms with Gasteiger partial charge in [0.2, 0.25) is 5.91 Å². The van der Waals surface area contributed by atoms with Crippen LogP contribution in [0.5, 0.6) is 0 Å². The standard InChI is InChI=1S/C20H21F3N4O3/c1-10-14(12(3)29-25-10)8-17(28)27-6-4-13(5-7-27)16-9-15(20(21,22)23)18-11(2)26-30-19(18)24-16/h9,13H,4-8H2,1-3H3. The van der Waals surface area contributed by atoms with E-state index >= 15 is 0 Å². The Morgan fingerprint density at radius 2 is 1.80 bits per heavy atom. The van der Waals surface area contributed by atoms with Gasteiger partial charge < -0.3 is 13.9 Å². The van der Waals surface area contributed by atoms with Crippen LogP contribution in [-0.2, 0) is 17.4 Å². The second-order valence-electron chi connectivity index (χ2n) is 7.68. The number of carbonyl (C=O) groups is 1. The van der Waals surface area contributed by atoms with Crippen molar-refractivity contribution in [1.29, 1.82) is 0 Å². The monoisotopic (exact) mass is 422 g/mol. The second-order valence-corrected chi connectivity index (χ2v) is 7.68. The summed E-state index contributed by atoms with van der Waals surface area (Å²) in [6, 6.07) is 1.10. The Bertz CT molecular complexity index is 1080. The lowest BCUT2D eigenvalue weighted by molar-refractivity contribution is -0.136. The Morgan fingerprint density at radius 1 is 1.13 bits per heavy atom. The maximum Gasteiger partial charge on any atom is 0.417 e. The quantitative estimate of drug-likeness (QED) is 0.632. The lowest BCUT2D eigenvalue weighted by Crippen LogP contribution is -2.39. The molecule has 0 aromatic carbocycles. The molecule has 7 nitrogen and oxygen atoms in total. The van der Waals surface area contributed by atoms with E-state index in [1.165, 1.54) is 6.92 Å². The summed E-state index contributed by atoms with van der Waals surface area (Å²) in [5.74, 6) is 0.382. The van der Waals surface area contributed by atoms with Gasteiger partial charge in [0.25, 0.3) is 5.71 Å². The number of aromatic nitrogens is 3. The van der Waals surface area contributed by atoms with Crippen molar-refractivity contribution in [2.75, 3.05) is 13.1 Å². The van der Waals surface area contributed by atoms with Crippen molar-refractivity contribution in [1.82, 2.24) is 20.2 Å². The molecule has 0 aliphatic carbocycles. The Labute approximate surface area is 170 Å². The number of halogens is 3. The number of likely N-dealkylation sites (tertiary alicyclic amines) is 1. The maximum absolute atomic E-state index is 13.6. The van der Waals surface area contributed by atoms with Crippen LogP contribution in [-0.4, -0.2) is 39.2 Å². The van der Waals surface area contributed by atoms with E-state index in [4.69, 9.17) is 9.05 Å². The largest absolute Gasteiger partial charge is 0.417 e. The predicted octanol–water partition coefficient (Wildman–Crippen LogP) is 4.10. The molecular weight excluding hydrogens is 401 g/mol. The first-order chi connectivity index (χ1) is 14.1. The van der Waals surface area contributed by atoms with Crippen molar-refractivity contribution in [3.05, 3.63) is 40.0 Å². The highest BCUT2D eigenvalue weighted by molar-refractivity contribution is 5.81. The number of carbonyl (C=O) groups excluding carboxylic acids is 1. The van der Waals surface area contributed by atoms with Crippen LogP contribution >= 0.6 is 0 Å². The zero-order valence-electron chi connectivity index (χ0n) is 16.8. The number of alkyl halides is 3. The third-order valence-corrected chi connectivity index (χ3v) is 5.72. The number of fused-ring (bicyclic) bond motifs is 1. The van der Waals surface area contributed by atoms with Gasteiger partial charge >= 0.3 is 6.18 Å². The minimum Gasteiger partial charge on any atom is -0.361 e. The molecule has 4 rings (SSSR count). The molecule has 0 atom stereocenters. The van der Waals surface area contributed by atoms with Crippen molar-refractivity contribution in [3.63, 3.8) is 0 Å². The number of amides is 1. The molecule has 4 heterocycles. The van der Waals surface area contributed by atoms with Crippen LogP contribution in [0.25, 0.3) is 11.1 Å². The molecule has 1 amide bonds. The Hall–Kier alpha value is -2.91. The molecule has 1 aliphatic rings. The number of rotatable bonds is 3. The zero-order chi connectivity index (χ0) is 21.6. The molecule has 3 aromatic heterocycles. The van der Waals surface area contributed by atoms with Crippen molar-refractivity contribution in [3.8, 4) is 0 Å². The van der Waals surface area contributed by atoms with Crippen molar-refractivity contribution in [2.45, 2.75) is 52.1 Å². The molecule has 30 heavy (non-hydrogen) atoms. The Morgan fingerprint density at radius 3 is 2.40 bits per heavy atom. The van der Waals surface area contributed by atoms with Crippen molar-refractivity contribution in [2.24, 2.45) is 0 Å². The normalized spacial score (nSPS) is 15.9. The van der Waals surface area contributed by atoms with Gasteiger partial charge in [-0.25, -0.2) is 4.98 Å². The van der Waals surface area contributed by atoms with Crippen LogP contribution in [0.3, 0.4) is 0 Å². The second kappa shape index (κ2) is 7.41. The first-order valence-electron chi connectivity index (χ1n) is 9.68. The molecule has 0 unspecified atom stereocenters. The number of nitrogens with zero attached hydrogens (tertiary/aromatic N) is 4. The van der Waals surface area contributed by atoms with Crippen LogP contribution < -0.4 is 0 Å². The molecule has 0 bridgehead atoms. The summed E-state index contributed by atoms with van der Waals surface area (Å²) in [5.41, 5.74) is 1.08. The minimum atomic E-state index is -4.53. The van der Waals surface area contributed by atoms with Gasteiger partial charge in [0, 0.05) is 30.3 Å². The third kappa shape index (κ3) is 3.66. The summed E-state index contributed by atoms with van der Waals surface area (Å²) < 4.78 is 50.8. The van der Waals surface area contributed by atoms with Gasteiger partial charge in [-0.15, -0.1) is 0 Å². The smallest absolute Gasteiger partial charge is 0.361 e. The third-order valence-electron chi connectivity index (χ3n) is 5.72. The van der Waals surface area contributed by atoms with Gasteiger partial charge in [0.1, 0.15) is 5.76 Å². The molecule has 160 valence electrons. The minimum absolute atomic E-state index is 0.0481. The summed E-state index contributed by atoms with van der Waals surface area (Å²) in [6.07, 6.45) is -3.28. The molecular formula is C20H21F3N4O3. The molecule has 10 heteroatoms. The molecule has 0 spiro atoms. The van der Waals surface area contributed by atoms with E-state index in [1.54, 1.807) is 18.7 Å². The Kier molecular flexibility index (Phi) is 5.03. The lowest BCUT2D eigenvalue weighted by atomic mass is 9.91. The number of aryl methyl sites for hydroxylation is 3. The molecule has 1 fully saturated rings. The summed E-state index contributed by atoms with van der Waals surface area (Å²) in [4.78, 5) is 18.7. The van der Waals surface area contributed by atoms with Gasteiger partial charge in [-0.3, -0.25) is 4.79 Å². The first kappa shape index (κ1) is 20.4. The lowest BCUT2D eigenvalue weighted by Gasteiger charge is -2.32. The first-order valence-corrected chi connectivity index (χ1v) is 9.68. The molecule has 0 N–H and O–H groups in total. The van der Waals surface area contributed by atoms with E-state index in [2.05, 4.69) is 15.3 Å². The van der Waals surface area contributed by atoms with Crippen LogP contribution in [0.1, 0.15) is 52.7 Å². The van der Waals surface area contributed by atoms with E-state index in [9.17, 15) is 18.0 Å². The molecule has 0 saturated carbocycles. The topological polar surface area (TPSA) is 85.3 Å². The summed E-state index contributed by atoms with van der Waals surface area (Å²) in [6.45, 7) is 5.91. The highest BCUT2D eigenvalue weighted by Crippen LogP contribution is 2.38. The van der Waals surface area contributed by atoms with E-state index in [1.807, 2.05) is 0 Å². The fourth-order valence-electron chi connectivity index (χ4n) is 3.99. The van der Waals surface area contributed by atoms with E-state index in [-0.39, 0.29) is 35.0 Å². The van der Waals surface area contributed by atoms with Crippen LogP contribution in [0, 0.1) is 20.8 Å². The van der Waals surface area contributed by atoms with Crippen LogP contribution in [0.15, 0.2) is 15.1 Å². The number of hydrogen-bond acceptors (Lipinski definition) is 6. The van der Waals surface area contributed by atoms with Gasteiger partial charge in [0.15, 0.2) is 0 Å². The van der Waals surface area contributed by atoms with Gasteiger partial charge in [0.05, 0.1) is 28.8 Å². The average Bonchev–Trinajstić information content (AvgIpc) is 3.23. The fourth-order valence-corrected chi connectivity index (χ4v) is 3.99. The molecule has 1 aliphatic heterocycles. The average molecular weight is 422 g/mol. The number of pyridine rings is 1. The summed E-state index contributed by atoms with van der Waals surface area (Å²) in [7, 11) is 0. The molecule has 3 aromatic rings. The summed E-state index contributed by atoms with van der Waals surface area (Å²) in [5, 5.41) is 7.40. The highest BCUT2D eigenvalue weighted by atomic mass is 19.4. The van der Waals surface area contributed by atoms with Gasteiger partial charge in [-0.1, -0.05) is 10.3 Å². The van der Waals surface area contributed by atoms with Crippen molar-refractivity contribution >= 4 is 17.0 Å². The highest BCUT2D eigenvalue weighted by Gasteiger charge is 2.37. The molecule has 1 saturated heterocycles. The van der Waals surface area contributed by atoms with E-state index < -0.39 is 11.7 Å². The SMILES string of the molecule is Cc1noc(C)c1CC(=O)N1CCC(c2cc(C(F)(F)F)c3c(C)noc3n2)CC1. The van der Waals surface area contributed by atoms with Crippen molar-refractivity contribution < 1.29 is 27.0 Å². The summed E-state index contributed by atoms with van der Waals surface area (Å²) >= 11 is 0. The molecule has 0 radical (unpaired) electrons. The van der Waals surface area contributed by atoms with E-state index in [0.717, 1.165) is 11.6 Å². The maximum atomic E-state index is 13.6. The van der Waals surface area contributed by atoms with Crippen LogP contribution in [0.4, 0.5) is 13.2 Å². The van der Waals surface area contributed by atoms with Gasteiger partial charge in [-0.05, 0) is 39.7 Å².